The zero-order valence-electron chi connectivity index (χ0n) is 33.2. The van der Waals surface area contributed by atoms with Gasteiger partial charge in [-0.25, -0.2) is 14.8 Å². The number of amides is 4. The Hall–Kier alpha value is -4.75. The molecule has 8 atom stereocenters. The van der Waals surface area contributed by atoms with Crippen LogP contribution in [0.2, 0.25) is 10.6 Å². The average Bonchev–Trinajstić information content (AvgIpc) is 4.00. The van der Waals surface area contributed by atoms with Gasteiger partial charge in [0.25, 0.3) is 11.8 Å². The van der Waals surface area contributed by atoms with Crippen LogP contribution in [0.3, 0.4) is 0 Å². The van der Waals surface area contributed by atoms with Gasteiger partial charge in [0.1, 0.15) is 24.4 Å². The zero-order chi connectivity index (χ0) is 43.1. The van der Waals surface area contributed by atoms with Crippen molar-refractivity contribution in [1.82, 2.24) is 59.9 Å². The number of aliphatic hydroxyl groups is 4. The highest BCUT2D eigenvalue weighted by Crippen LogP contribution is 2.35. The molecule has 0 spiro atoms. The predicted octanol–water partition coefficient (Wildman–Crippen LogP) is -0.207. The van der Waals surface area contributed by atoms with Gasteiger partial charge in [0.15, 0.2) is 58.6 Å². The number of imidazole rings is 2. The van der Waals surface area contributed by atoms with E-state index in [1.54, 1.807) is 18.7 Å². The van der Waals surface area contributed by atoms with Crippen molar-refractivity contribution in [2.45, 2.75) is 120 Å². The van der Waals surface area contributed by atoms with Crippen molar-refractivity contribution in [2.24, 2.45) is 0 Å². The van der Waals surface area contributed by atoms with E-state index in [-0.39, 0.29) is 46.0 Å². The number of ether oxygens (including phenoxy) is 2. The van der Waals surface area contributed by atoms with Crippen molar-refractivity contribution in [3.8, 4) is 0 Å². The number of urea groups is 1. The highest BCUT2D eigenvalue weighted by atomic mass is 35.5. The van der Waals surface area contributed by atoms with Gasteiger partial charge in [0, 0.05) is 44.3 Å². The third-order valence-corrected chi connectivity index (χ3v) is 11.9. The Morgan fingerprint density at radius 1 is 0.656 bits per heavy atom. The fourth-order valence-electron chi connectivity index (χ4n) is 8.38. The molecule has 4 fully saturated rings. The Bertz CT molecular complexity index is 2250. The van der Waals surface area contributed by atoms with E-state index < -0.39 is 60.9 Å². The van der Waals surface area contributed by atoms with E-state index in [1.165, 1.54) is 21.8 Å². The lowest BCUT2D eigenvalue weighted by Gasteiger charge is -2.35. The minimum atomic E-state index is -1.47. The van der Waals surface area contributed by atoms with Gasteiger partial charge in [-0.3, -0.25) is 18.7 Å². The number of carbonyl (C=O) groups excluding carboxylic acids is 3. The number of aliphatic hydroxyl groups excluding tert-OH is 4. The molecule has 3 aliphatic heterocycles. The number of aromatic nitrogens is 8. The van der Waals surface area contributed by atoms with Crippen molar-refractivity contribution < 1.29 is 44.3 Å². The number of fused-ring (bicyclic) bond motifs is 2. The van der Waals surface area contributed by atoms with E-state index in [0.717, 1.165) is 12.8 Å². The topological polar surface area (TPSA) is 301 Å². The van der Waals surface area contributed by atoms with Gasteiger partial charge >= 0.3 is 6.03 Å². The van der Waals surface area contributed by atoms with Crippen LogP contribution in [0, 0.1) is 0 Å². The summed E-state index contributed by atoms with van der Waals surface area (Å²) in [7, 11) is 0. The standard InChI is InChI=1S/C36H48Cl2N14O9/c1-3-39-30(57)24-20(53)22(55)32(60-24)51-13-41-18-26(46-34(37)48-28(18)51)43-15-5-7-16(8-6-15)45-36(59)50-11-9-17(10-12-50)44-27-19-29(49-35(38)47-27)52(14-42-19)33-23(56)21(54)25(61-33)31(58)40-4-2/h13-17,20-25,32-33,53-56H,3-12H2,1-2H3,(H,39,57)(H,40,58)(H,45,59)(H,43,46,48)(H,44,47,49)/t15?,16?,20-,21-,22+,23+,24-,25-,32+,33+/m0/s1. The lowest BCUT2D eigenvalue weighted by atomic mass is 9.91. The number of piperidine rings is 1. The molecular formula is C36H48Cl2N14O9. The second-order valence-electron chi connectivity index (χ2n) is 15.5. The van der Waals surface area contributed by atoms with Crippen LogP contribution >= 0.6 is 23.2 Å². The van der Waals surface area contributed by atoms with Gasteiger partial charge in [-0.2, -0.15) is 19.9 Å². The van der Waals surface area contributed by atoms with Crippen LogP contribution in [0.5, 0.6) is 0 Å². The van der Waals surface area contributed by atoms with Crippen molar-refractivity contribution >= 4 is 75.0 Å². The molecule has 8 rings (SSSR count). The number of carbonyl (C=O) groups is 3. The van der Waals surface area contributed by atoms with E-state index in [0.29, 0.717) is 74.5 Å². The van der Waals surface area contributed by atoms with Crippen LogP contribution < -0.4 is 26.6 Å². The SMILES string of the molecule is CCNC(=O)[C@H]1O[C@@H](n2cnc3c(NC4CCC(NC(=O)N5CCC(Nc6nc(Cl)nc7c6ncn7[C@@H]6O[C@H](C(=O)NCC)[C@@H](O)[C@H]6O)CC5)CC4)nc(Cl)nc32)[C@H](O)[C@@H]1O. The Morgan fingerprint density at radius 2 is 1.08 bits per heavy atom. The highest BCUT2D eigenvalue weighted by Gasteiger charge is 2.49. The van der Waals surface area contributed by atoms with Gasteiger partial charge in [-0.15, -0.1) is 0 Å². The lowest BCUT2D eigenvalue weighted by Crippen LogP contribution is -2.50. The van der Waals surface area contributed by atoms with Crippen LogP contribution in [0.15, 0.2) is 12.7 Å². The van der Waals surface area contributed by atoms with Crippen molar-refractivity contribution in [3.05, 3.63) is 23.2 Å². The second kappa shape index (κ2) is 17.9. The summed E-state index contributed by atoms with van der Waals surface area (Å²) < 4.78 is 14.4. The monoisotopic (exact) mass is 890 g/mol. The molecule has 23 nitrogen and oxygen atoms in total. The van der Waals surface area contributed by atoms with E-state index >= 15 is 0 Å². The summed E-state index contributed by atoms with van der Waals surface area (Å²) in [5, 5.41) is 57.6. The molecule has 330 valence electrons. The molecule has 4 aromatic heterocycles. The van der Waals surface area contributed by atoms with Crippen LogP contribution in [-0.4, -0.2) is 163 Å². The predicted molar refractivity (Wildman–Crippen MR) is 216 cm³/mol. The number of likely N-dealkylation sites (tertiary alicyclic amines) is 1. The third-order valence-electron chi connectivity index (χ3n) is 11.6. The second-order valence-corrected chi connectivity index (χ2v) is 16.2. The first kappa shape index (κ1) is 42.9. The summed E-state index contributed by atoms with van der Waals surface area (Å²) >= 11 is 12.6. The summed E-state index contributed by atoms with van der Waals surface area (Å²) in [6, 6.07) is -0.255. The van der Waals surface area contributed by atoms with Crippen molar-refractivity contribution in [3.63, 3.8) is 0 Å². The van der Waals surface area contributed by atoms with E-state index in [2.05, 4.69) is 56.5 Å². The fourth-order valence-corrected chi connectivity index (χ4v) is 8.71. The molecule has 4 amide bonds. The van der Waals surface area contributed by atoms with E-state index in [1.807, 2.05) is 0 Å². The maximum Gasteiger partial charge on any atom is 0.317 e. The minimum Gasteiger partial charge on any atom is -0.387 e. The number of anilines is 2. The maximum absolute atomic E-state index is 13.4. The zero-order valence-corrected chi connectivity index (χ0v) is 34.7. The number of nitrogens with zero attached hydrogens (tertiary/aromatic N) is 9. The molecule has 7 heterocycles. The molecule has 0 unspecified atom stereocenters. The molecule has 3 saturated heterocycles. The van der Waals surface area contributed by atoms with E-state index in [4.69, 9.17) is 32.7 Å². The maximum atomic E-state index is 13.4. The Balaban J connectivity index is 0.828. The first-order chi connectivity index (χ1) is 29.3. The van der Waals surface area contributed by atoms with Gasteiger partial charge in [-0.1, -0.05) is 0 Å². The fraction of sp³-hybridized carbons (Fsp3) is 0.639. The number of halogens is 2. The van der Waals surface area contributed by atoms with Gasteiger partial charge in [0.05, 0.1) is 12.7 Å². The molecule has 4 aliphatic rings. The summed E-state index contributed by atoms with van der Waals surface area (Å²) in [6.45, 7) is 5.11. The summed E-state index contributed by atoms with van der Waals surface area (Å²) in [6.07, 6.45) is -3.77. The quantitative estimate of drug-likeness (QED) is 0.0881. The normalized spacial score (nSPS) is 29.5. The van der Waals surface area contributed by atoms with Crippen molar-refractivity contribution in [1.29, 1.82) is 0 Å². The first-order valence-corrected chi connectivity index (χ1v) is 21.1. The van der Waals surface area contributed by atoms with Gasteiger partial charge < -0.3 is 61.4 Å². The summed E-state index contributed by atoms with van der Waals surface area (Å²) in [5.74, 6) is -0.344. The molecule has 1 saturated carbocycles. The first-order valence-electron chi connectivity index (χ1n) is 20.3. The van der Waals surface area contributed by atoms with Gasteiger partial charge in [-0.05, 0) is 75.6 Å². The Morgan fingerprint density at radius 3 is 1.52 bits per heavy atom. The van der Waals surface area contributed by atoms with Gasteiger partial charge in [0.2, 0.25) is 10.6 Å². The molecule has 0 aromatic carbocycles. The molecule has 4 aromatic rings. The summed E-state index contributed by atoms with van der Waals surface area (Å²) in [5.41, 5.74) is 1.23. The number of nitrogens with one attached hydrogen (secondary N) is 5. The Labute approximate surface area is 357 Å². The number of hydrogen-bond acceptors (Lipinski definition) is 17. The third kappa shape index (κ3) is 8.56. The molecule has 9 N–H and O–H groups in total. The molecule has 61 heavy (non-hydrogen) atoms. The molecule has 0 bridgehead atoms. The summed E-state index contributed by atoms with van der Waals surface area (Å²) in [4.78, 5) is 66.2. The number of rotatable bonds is 11. The molecule has 25 heteroatoms. The largest absolute Gasteiger partial charge is 0.387 e. The molecule has 0 radical (unpaired) electrons. The highest BCUT2D eigenvalue weighted by molar-refractivity contribution is 6.29. The lowest BCUT2D eigenvalue weighted by molar-refractivity contribution is -0.138. The average molecular weight is 892 g/mol. The number of likely N-dealkylation sites (N-methyl/N-ethyl adjacent to an activating group) is 2. The molecular weight excluding hydrogens is 843 g/mol. The van der Waals surface area contributed by atoms with Crippen LogP contribution in [0.1, 0.15) is 64.8 Å². The smallest absolute Gasteiger partial charge is 0.317 e. The van der Waals surface area contributed by atoms with Crippen LogP contribution in [0.25, 0.3) is 22.3 Å². The Kier molecular flexibility index (Phi) is 12.6. The van der Waals surface area contributed by atoms with Crippen molar-refractivity contribution in [2.75, 3.05) is 36.8 Å². The van der Waals surface area contributed by atoms with Crippen LogP contribution in [-0.2, 0) is 19.1 Å². The minimum absolute atomic E-state index is 0.00808. The number of hydrogen-bond donors (Lipinski definition) is 9. The van der Waals surface area contributed by atoms with E-state index in [9.17, 15) is 34.8 Å². The van der Waals surface area contributed by atoms with Crippen LogP contribution in [0.4, 0.5) is 16.4 Å². The molecule has 1 aliphatic carbocycles.